The van der Waals surface area contributed by atoms with E-state index in [1.165, 1.54) is 4.90 Å². The van der Waals surface area contributed by atoms with Gasteiger partial charge in [0, 0.05) is 26.1 Å². The normalized spacial score (nSPS) is 16.6. The number of carbonyl (C=O) groups excluding carboxylic acids is 5. The van der Waals surface area contributed by atoms with Crippen molar-refractivity contribution >= 4 is 30.0 Å². The average Bonchev–Trinajstić information content (AvgIpc) is 2.45. The number of aldehydes is 1. The summed E-state index contributed by atoms with van der Waals surface area (Å²) >= 11 is 0. The lowest BCUT2D eigenvalue weighted by atomic mass is 10.1. The minimum Gasteiger partial charge on any atom is -0.370 e. The fourth-order valence-electron chi connectivity index (χ4n) is 1.88. The molecule has 0 aromatic carbocycles. The quantitative estimate of drug-likeness (QED) is 0.442. The molecule has 1 heterocycles. The van der Waals surface area contributed by atoms with Gasteiger partial charge in [-0.1, -0.05) is 0 Å². The van der Waals surface area contributed by atoms with Crippen molar-refractivity contribution in [3.8, 4) is 0 Å². The zero-order chi connectivity index (χ0) is 16.0. The molecule has 5 amide bonds. The molecule has 1 aliphatic heterocycles. The van der Waals surface area contributed by atoms with Crippen LogP contribution < -0.4 is 11.1 Å². The minimum atomic E-state index is -0.933. The van der Waals surface area contributed by atoms with E-state index in [0.29, 0.717) is 12.8 Å². The molecular weight excluding hydrogens is 280 g/mol. The van der Waals surface area contributed by atoms with Crippen molar-refractivity contribution in [1.82, 2.24) is 15.1 Å². The van der Waals surface area contributed by atoms with Gasteiger partial charge in [0.05, 0.1) is 6.04 Å². The molecule has 0 aromatic heterocycles. The van der Waals surface area contributed by atoms with Gasteiger partial charge in [-0.2, -0.15) is 0 Å². The van der Waals surface area contributed by atoms with Gasteiger partial charge in [0.1, 0.15) is 6.29 Å². The Morgan fingerprint density at radius 1 is 1.33 bits per heavy atom. The van der Waals surface area contributed by atoms with Crippen molar-refractivity contribution in [3.05, 3.63) is 0 Å². The van der Waals surface area contributed by atoms with Crippen LogP contribution >= 0.6 is 0 Å². The van der Waals surface area contributed by atoms with Gasteiger partial charge in [-0.3, -0.25) is 19.3 Å². The van der Waals surface area contributed by atoms with Crippen molar-refractivity contribution in [1.29, 1.82) is 0 Å². The first-order chi connectivity index (χ1) is 9.90. The first kappa shape index (κ1) is 16.6. The summed E-state index contributed by atoms with van der Waals surface area (Å²) in [7, 11) is 0. The maximum atomic E-state index is 11.9. The predicted molar refractivity (Wildman–Crippen MR) is 70.8 cm³/mol. The Morgan fingerprint density at radius 2 is 2.00 bits per heavy atom. The largest absolute Gasteiger partial charge is 0.370 e. The molecule has 0 bridgehead atoms. The van der Waals surface area contributed by atoms with E-state index in [9.17, 15) is 24.0 Å². The smallest absolute Gasteiger partial charge is 0.325 e. The van der Waals surface area contributed by atoms with Crippen LogP contribution in [-0.2, 0) is 19.2 Å². The summed E-state index contributed by atoms with van der Waals surface area (Å²) in [4.78, 5) is 58.9. The summed E-state index contributed by atoms with van der Waals surface area (Å²) in [5.74, 6) is -2.28. The summed E-state index contributed by atoms with van der Waals surface area (Å²) in [6.45, 7) is 2.43. The number of nitrogens with zero attached hydrogens (tertiary/aromatic N) is 2. The number of rotatable bonds is 6. The molecule has 0 saturated carbocycles. The van der Waals surface area contributed by atoms with E-state index in [1.54, 1.807) is 6.92 Å². The predicted octanol–water partition coefficient (Wildman–Crippen LogP) is -1.78. The lowest BCUT2D eigenvalue weighted by molar-refractivity contribution is -0.153. The first-order valence-electron chi connectivity index (χ1n) is 6.55. The molecule has 1 saturated heterocycles. The molecule has 0 spiro atoms. The molecule has 21 heavy (non-hydrogen) atoms. The second-order valence-corrected chi connectivity index (χ2v) is 4.54. The van der Waals surface area contributed by atoms with Crippen molar-refractivity contribution in [2.75, 3.05) is 19.6 Å². The number of likely N-dealkylation sites (N-methyl/N-ethyl adjacent to an activating group) is 1. The Balaban J connectivity index is 2.62. The monoisotopic (exact) mass is 298 g/mol. The number of hydrogen-bond acceptors (Lipinski definition) is 5. The molecule has 1 rings (SSSR count). The van der Waals surface area contributed by atoms with Crippen LogP contribution in [0.1, 0.15) is 19.8 Å². The zero-order valence-corrected chi connectivity index (χ0v) is 11.7. The number of urea groups is 1. The van der Waals surface area contributed by atoms with Gasteiger partial charge >= 0.3 is 17.8 Å². The van der Waals surface area contributed by atoms with Gasteiger partial charge in [0.2, 0.25) is 5.91 Å². The van der Waals surface area contributed by atoms with Crippen LogP contribution in [0.25, 0.3) is 0 Å². The summed E-state index contributed by atoms with van der Waals surface area (Å²) in [5, 5.41) is 2.30. The maximum absolute atomic E-state index is 11.9. The third-order valence-corrected chi connectivity index (χ3v) is 3.11. The molecule has 0 aliphatic carbocycles. The molecule has 116 valence electrons. The van der Waals surface area contributed by atoms with Gasteiger partial charge in [0.15, 0.2) is 0 Å². The Morgan fingerprint density at radius 3 is 2.52 bits per heavy atom. The van der Waals surface area contributed by atoms with E-state index in [4.69, 9.17) is 5.73 Å². The fourth-order valence-corrected chi connectivity index (χ4v) is 1.88. The number of piperazine rings is 1. The van der Waals surface area contributed by atoms with Crippen LogP contribution in [0.2, 0.25) is 0 Å². The molecule has 0 radical (unpaired) electrons. The summed E-state index contributed by atoms with van der Waals surface area (Å²) in [5.41, 5.74) is 4.96. The molecular formula is C12H18N4O5. The highest BCUT2D eigenvalue weighted by molar-refractivity contribution is 6.38. The zero-order valence-electron chi connectivity index (χ0n) is 11.7. The van der Waals surface area contributed by atoms with Crippen molar-refractivity contribution in [2.45, 2.75) is 25.8 Å². The molecule has 1 aliphatic rings. The third-order valence-electron chi connectivity index (χ3n) is 3.11. The number of hydrogen-bond donors (Lipinski definition) is 2. The molecule has 3 N–H and O–H groups in total. The standard InChI is InChI=1S/C12H18N4O5/c1-2-15-5-6-16(11(20)10(15)19)12(21)14-8(7-17)3-4-9(13)18/h7-8H,2-6H2,1H3,(H2,13,18)(H,14,21)/t8-/m0/s1. The van der Waals surface area contributed by atoms with Gasteiger partial charge in [-0.15, -0.1) is 0 Å². The number of carbonyl (C=O) groups is 5. The highest BCUT2D eigenvalue weighted by Gasteiger charge is 2.35. The summed E-state index contributed by atoms with van der Waals surface area (Å²) < 4.78 is 0. The van der Waals surface area contributed by atoms with Gasteiger partial charge in [0.25, 0.3) is 0 Å². The number of nitrogens with one attached hydrogen (secondary N) is 1. The van der Waals surface area contributed by atoms with E-state index in [-0.39, 0.29) is 25.9 Å². The summed E-state index contributed by atoms with van der Waals surface area (Å²) in [6.07, 6.45) is 0.428. The van der Waals surface area contributed by atoms with E-state index in [2.05, 4.69) is 5.32 Å². The fraction of sp³-hybridized carbons (Fsp3) is 0.583. The molecule has 9 heteroatoms. The van der Waals surface area contributed by atoms with E-state index in [1.807, 2.05) is 0 Å². The number of imide groups is 1. The van der Waals surface area contributed by atoms with Gasteiger partial charge in [-0.25, -0.2) is 4.79 Å². The number of amides is 5. The lowest BCUT2D eigenvalue weighted by Crippen LogP contribution is -2.59. The Kier molecular flexibility index (Phi) is 5.82. The van der Waals surface area contributed by atoms with Crippen molar-refractivity contribution in [3.63, 3.8) is 0 Å². The first-order valence-corrected chi connectivity index (χ1v) is 6.55. The van der Waals surface area contributed by atoms with Gasteiger partial charge in [-0.05, 0) is 13.3 Å². The highest BCUT2D eigenvalue weighted by Crippen LogP contribution is 2.06. The third kappa shape index (κ3) is 4.26. The lowest BCUT2D eigenvalue weighted by Gasteiger charge is -2.32. The topological polar surface area (TPSA) is 130 Å². The SMILES string of the molecule is CCN1CCN(C(=O)N[C@H](C=O)CCC(N)=O)C(=O)C1=O. The van der Waals surface area contributed by atoms with Crippen molar-refractivity contribution in [2.24, 2.45) is 5.73 Å². The van der Waals surface area contributed by atoms with Crippen LogP contribution in [-0.4, -0.2) is 65.5 Å². The minimum absolute atomic E-state index is 0.0433. The van der Waals surface area contributed by atoms with Crippen LogP contribution in [0.3, 0.4) is 0 Å². The number of primary amides is 1. The van der Waals surface area contributed by atoms with Gasteiger partial charge < -0.3 is 20.7 Å². The Bertz CT molecular complexity index is 465. The van der Waals surface area contributed by atoms with E-state index < -0.39 is 29.8 Å². The number of nitrogens with two attached hydrogens (primary N) is 1. The van der Waals surface area contributed by atoms with Crippen LogP contribution in [0.4, 0.5) is 4.79 Å². The van der Waals surface area contributed by atoms with Crippen LogP contribution in [0.5, 0.6) is 0 Å². The van der Waals surface area contributed by atoms with Crippen LogP contribution in [0, 0.1) is 0 Å². The Labute approximate surface area is 121 Å². The molecule has 0 unspecified atom stereocenters. The van der Waals surface area contributed by atoms with Crippen molar-refractivity contribution < 1.29 is 24.0 Å². The van der Waals surface area contributed by atoms with E-state index >= 15 is 0 Å². The Hall–Kier alpha value is -2.45. The second-order valence-electron chi connectivity index (χ2n) is 4.54. The summed E-state index contributed by atoms with van der Waals surface area (Å²) in [6, 6.07) is -1.76. The maximum Gasteiger partial charge on any atom is 0.325 e. The van der Waals surface area contributed by atoms with E-state index in [0.717, 1.165) is 4.90 Å². The molecule has 0 aromatic rings. The molecule has 9 nitrogen and oxygen atoms in total. The average molecular weight is 298 g/mol. The second kappa shape index (κ2) is 7.36. The van der Waals surface area contributed by atoms with Crippen LogP contribution in [0.15, 0.2) is 0 Å². The molecule has 1 atom stereocenters. The molecule has 1 fully saturated rings. The highest BCUT2D eigenvalue weighted by atomic mass is 16.2.